The number of rotatable bonds is 7. The fourth-order valence-electron chi connectivity index (χ4n) is 1.95. The molecule has 0 spiro atoms. The number of pyridine rings is 1. The summed E-state index contributed by atoms with van der Waals surface area (Å²) in [7, 11) is 0. The van der Waals surface area contributed by atoms with Gasteiger partial charge in [-0.3, -0.25) is 4.79 Å². The van der Waals surface area contributed by atoms with E-state index in [4.69, 9.17) is 27.9 Å². The van der Waals surface area contributed by atoms with Crippen LogP contribution < -0.4 is 10.1 Å². The van der Waals surface area contributed by atoms with Crippen molar-refractivity contribution >= 4 is 29.1 Å². The zero-order valence-electron chi connectivity index (χ0n) is 12.8. The SMILES string of the molecule is C[C@@H](CNC(=O)CCc1ccc(Cl)nc1)Oc1ccc(Cl)cc1. The molecule has 2 aromatic rings. The molecule has 0 aliphatic rings. The van der Waals surface area contributed by atoms with E-state index in [1.165, 1.54) is 0 Å². The van der Waals surface area contributed by atoms with Crippen LogP contribution >= 0.6 is 23.2 Å². The van der Waals surface area contributed by atoms with Gasteiger partial charge >= 0.3 is 0 Å². The van der Waals surface area contributed by atoms with Crippen LogP contribution in [-0.2, 0) is 11.2 Å². The summed E-state index contributed by atoms with van der Waals surface area (Å²) < 4.78 is 5.70. The zero-order chi connectivity index (χ0) is 16.7. The molecule has 122 valence electrons. The Bertz CT molecular complexity index is 630. The topological polar surface area (TPSA) is 51.2 Å². The number of benzene rings is 1. The maximum atomic E-state index is 11.9. The Kier molecular flexibility index (Phi) is 6.68. The van der Waals surface area contributed by atoms with Crippen molar-refractivity contribution in [2.45, 2.75) is 25.9 Å². The van der Waals surface area contributed by atoms with Gasteiger partial charge in [-0.2, -0.15) is 0 Å². The van der Waals surface area contributed by atoms with E-state index in [1.807, 2.05) is 13.0 Å². The standard InChI is InChI=1S/C17H18Cl2N2O2/c1-12(23-15-6-4-14(18)5-7-15)10-21-17(22)9-3-13-2-8-16(19)20-11-13/h2,4-8,11-12H,3,9-10H2,1H3,(H,21,22)/t12-/m0/s1. The Labute approximate surface area is 145 Å². The molecule has 2 rings (SSSR count). The van der Waals surface area contributed by atoms with Crippen molar-refractivity contribution < 1.29 is 9.53 Å². The Morgan fingerprint density at radius 1 is 1.22 bits per heavy atom. The maximum Gasteiger partial charge on any atom is 0.220 e. The highest BCUT2D eigenvalue weighted by atomic mass is 35.5. The van der Waals surface area contributed by atoms with Gasteiger partial charge in [-0.25, -0.2) is 4.98 Å². The summed E-state index contributed by atoms with van der Waals surface area (Å²) in [5.74, 6) is 0.704. The number of halogens is 2. The number of ether oxygens (including phenoxy) is 1. The minimum atomic E-state index is -0.127. The summed E-state index contributed by atoms with van der Waals surface area (Å²) in [4.78, 5) is 15.8. The molecule has 1 N–H and O–H groups in total. The third kappa shape index (κ3) is 6.47. The van der Waals surface area contributed by atoms with Crippen LogP contribution in [0.3, 0.4) is 0 Å². The van der Waals surface area contributed by atoms with Crippen molar-refractivity contribution in [3.05, 3.63) is 58.3 Å². The lowest BCUT2D eigenvalue weighted by Crippen LogP contribution is -2.33. The van der Waals surface area contributed by atoms with E-state index in [2.05, 4.69) is 10.3 Å². The number of nitrogens with zero attached hydrogens (tertiary/aromatic N) is 1. The molecule has 0 bridgehead atoms. The van der Waals surface area contributed by atoms with Crippen LogP contribution in [0.25, 0.3) is 0 Å². The second-order valence-electron chi connectivity index (χ2n) is 5.18. The van der Waals surface area contributed by atoms with E-state index in [0.717, 1.165) is 11.3 Å². The van der Waals surface area contributed by atoms with Crippen molar-refractivity contribution in [3.8, 4) is 5.75 Å². The number of carbonyl (C=O) groups is 1. The van der Waals surface area contributed by atoms with Crippen molar-refractivity contribution in [2.24, 2.45) is 0 Å². The van der Waals surface area contributed by atoms with Gasteiger partial charge in [0.05, 0.1) is 6.54 Å². The first-order valence-corrected chi connectivity index (χ1v) is 8.08. The Morgan fingerprint density at radius 3 is 2.61 bits per heavy atom. The molecule has 4 nitrogen and oxygen atoms in total. The number of aryl methyl sites for hydroxylation is 1. The number of carbonyl (C=O) groups excluding carboxylic acids is 1. The second kappa shape index (κ2) is 8.75. The van der Waals surface area contributed by atoms with E-state index in [9.17, 15) is 4.79 Å². The monoisotopic (exact) mass is 352 g/mol. The molecule has 0 aliphatic carbocycles. The Balaban J connectivity index is 1.69. The number of hydrogen-bond acceptors (Lipinski definition) is 3. The Hall–Kier alpha value is -1.78. The number of amides is 1. The lowest BCUT2D eigenvalue weighted by molar-refractivity contribution is -0.121. The van der Waals surface area contributed by atoms with E-state index >= 15 is 0 Å². The van der Waals surface area contributed by atoms with Crippen LogP contribution in [0.1, 0.15) is 18.9 Å². The third-order valence-electron chi connectivity index (χ3n) is 3.17. The molecule has 23 heavy (non-hydrogen) atoms. The summed E-state index contributed by atoms with van der Waals surface area (Å²) in [5, 5.41) is 3.97. The van der Waals surface area contributed by atoms with Gasteiger partial charge in [0.25, 0.3) is 0 Å². The molecular formula is C17H18Cl2N2O2. The van der Waals surface area contributed by atoms with Crippen LogP contribution in [-0.4, -0.2) is 23.5 Å². The van der Waals surface area contributed by atoms with Crippen LogP contribution in [0.5, 0.6) is 5.75 Å². The van der Waals surface area contributed by atoms with Crippen molar-refractivity contribution in [2.75, 3.05) is 6.54 Å². The summed E-state index contributed by atoms with van der Waals surface area (Å²) in [6, 6.07) is 10.7. The third-order valence-corrected chi connectivity index (χ3v) is 3.64. The summed E-state index contributed by atoms with van der Waals surface area (Å²) in [6.45, 7) is 2.35. The number of aromatic nitrogens is 1. The highest BCUT2D eigenvalue weighted by Gasteiger charge is 2.07. The first-order chi connectivity index (χ1) is 11.0. The van der Waals surface area contributed by atoms with Crippen molar-refractivity contribution in [1.82, 2.24) is 10.3 Å². The van der Waals surface area contributed by atoms with Gasteiger partial charge in [0, 0.05) is 17.6 Å². The quantitative estimate of drug-likeness (QED) is 0.768. The molecule has 1 amide bonds. The van der Waals surface area contributed by atoms with Crippen molar-refractivity contribution in [1.29, 1.82) is 0 Å². The molecule has 1 atom stereocenters. The molecule has 1 aromatic heterocycles. The van der Waals surface area contributed by atoms with E-state index < -0.39 is 0 Å². The van der Waals surface area contributed by atoms with E-state index in [-0.39, 0.29) is 12.0 Å². The van der Waals surface area contributed by atoms with Gasteiger partial charge in [0.15, 0.2) is 0 Å². The highest BCUT2D eigenvalue weighted by molar-refractivity contribution is 6.30. The highest BCUT2D eigenvalue weighted by Crippen LogP contribution is 2.16. The molecule has 0 fully saturated rings. The lowest BCUT2D eigenvalue weighted by atomic mass is 10.1. The largest absolute Gasteiger partial charge is 0.489 e. The average Bonchev–Trinajstić information content (AvgIpc) is 2.54. The normalized spacial score (nSPS) is 11.8. The second-order valence-corrected chi connectivity index (χ2v) is 6.00. The molecule has 1 aromatic carbocycles. The molecule has 0 radical (unpaired) electrons. The Morgan fingerprint density at radius 2 is 1.96 bits per heavy atom. The molecule has 1 heterocycles. The fourth-order valence-corrected chi connectivity index (χ4v) is 2.18. The fraction of sp³-hybridized carbons (Fsp3) is 0.294. The van der Waals surface area contributed by atoms with Gasteiger partial charge in [-0.05, 0) is 49.2 Å². The molecule has 0 saturated heterocycles. The molecule has 0 unspecified atom stereocenters. The molecule has 0 aliphatic heterocycles. The van der Waals surface area contributed by atoms with E-state index in [0.29, 0.717) is 29.6 Å². The predicted octanol–water partition coefficient (Wildman–Crippen LogP) is 3.90. The molecular weight excluding hydrogens is 335 g/mol. The van der Waals surface area contributed by atoms with Crippen LogP contribution in [0.15, 0.2) is 42.6 Å². The van der Waals surface area contributed by atoms with E-state index in [1.54, 1.807) is 36.5 Å². The van der Waals surface area contributed by atoms with Gasteiger partial charge in [0.1, 0.15) is 17.0 Å². The number of hydrogen-bond donors (Lipinski definition) is 1. The number of nitrogens with one attached hydrogen (secondary N) is 1. The maximum absolute atomic E-state index is 11.9. The zero-order valence-corrected chi connectivity index (χ0v) is 14.3. The van der Waals surface area contributed by atoms with Crippen molar-refractivity contribution in [3.63, 3.8) is 0 Å². The van der Waals surface area contributed by atoms with Crippen LogP contribution in [0, 0.1) is 0 Å². The summed E-state index contributed by atoms with van der Waals surface area (Å²) >= 11 is 11.5. The van der Waals surface area contributed by atoms with Gasteiger partial charge < -0.3 is 10.1 Å². The van der Waals surface area contributed by atoms with Gasteiger partial charge in [0.2, 0.25) is 5.91 Å². The summed E-state index contributed by atoms with van der Waals surface area (Å²) in [6.07, 6.45) is 2.58. The van der Waals surface area contributed by atoms with Gasteiger partial charge in [-0.15, -0.1) is 0 Å². The smallest absolute Gasteiger partial charge is 0.220 e. The van der Waals surface area contributed by atoms with Gasteiger partial charge in [-0.1, -0.05) is 29.3 Å². The first kappa shape index (κ1) is 17.6. The molecule has 0 saturated carbocycles. The first-order valence-electron chi connectivity index (χ1n) is 7.32. The average molecular weight is 353 g/mol. The van der Waals surface area contributed by atoms with Crippen LogP contribution in [0.2, 0.25) is 10.2 Å². The summed E-state index contributed by atoms with van der Waals surface area (Å²) in [5.41, 5.74) is 0.981. The minimum absolute atomic E-state index is 0.0218. The minimum Gasteiger partial charge on any atom is -0.489 e. The van der Waals surface area contributed by atoms with Crippen LogP contribution in [0.4, 0.5) is 0 Å². The molecule has 6 heteroatoms. The predicted molar refractivity (Wildman–Crippen MR) is 92.1 cm³/mol. The lowest BCUT2D eigenvalue weighted by Gasteiger charge is -2.15.